The van der Waals surface area contributed by atoms with E-state index in [2.05, 4.69) is 4.74 Å². The molecule has 0 amide bonds. The Morgan fingerprint density at radius 2 is 2.14 bits per heavy atom. The first-order valence-electron chi connectivity index (χ1n) is 4.46. The van der Waals surface area contributed by atoms with Crippen molar-refractivity contribution in [3.63, 3.8) is 0 Å². The van der Waals surface area contributed by atoms with Gasteiger partial charge in [0.1, 0.15) is 0 Å². The lowest BCUT2D eigenvalue weighted by Crippen LogP contribution is -2.07. The van der Waals surface area contributed by atoms with Crippen LogP contribution in [0.15, 0.2) is 0 Å². The lowest BCUT2D eigenvalue weighted by Gasteiger charge is -2.07. The van der Waals surface area contributed by atoms with Crippen LogP contribution in [0.3, 0.4) is 0 Å². The van der Waals surface area contributed by atoms with Gasteiger partial charge < -0.3 is 9.84 Å². The maximum Gasteiger partial charge on any atom is 0.305 e. The number of carbonyl (C=O) groups is 2. The molecule has 0 radical (unpaired) electrons. The maximum absolute atomic E-state index is 10.7. The topological polar surface area (TPSA) is 63.6 Å². The third-order valence-electron chi connectivity index (χ3n) is 1.62. The van der Waals surface area contributed by atoms with Gasteiger partial charge in [0.25, 0.3) is 0 Å². The molecule has 1 atom stereocenters. The lowest BCUT2D eigenvalue weighted by molar-refractivity contribution is -0.140. The molecule has 0 bridgehead atoms. The Labute approximate surface area is 88.0 Å². The van der Waals surface area contributed by atoms with Gasteiger partial charge in [-0.2, -0.15) is 11.8 Å². The van der Waals surface area contributed by atoms with Crippen molar-refractivity contribution in [2.75, 3.05) is 12.9 Å². The molecule has 0 heterocycles. The smallest absolute Gasteiger partial charge is 0.305 e. The minimum absolute atomic E-state index is 0.102. The van der Waals surface area contributed by atoms with Gasteiger partial charge in [-0.1, -0.05) is 6.92 Å². The Bertz CT molecular complexity index is 193. The Balaban J connectivity index is 3.35. The zero-order valence-electron chi connectivity index (χ0n) is 8.49. The zero-order chi connectivity index (χ0) is 11.0. The van der Waals surface area contributed by atoms with Crippen LogP contribution in [0.4, 0.5) is 0 Å². The minimum atomic E-state index is -0.780. The van der Waals surface area contributed by atoms with Gasteiger partial charge in [-0.3, -0.25) is 9.59 Å². The number of ether oxygens (including phenoxy) is 1. The normalized spacial score (nSPS) is 12.1. The fourth-order valence-corrected chi connectivity index (χ4v) is 1.88. The number of rotatable bonds is 7. The van der Waals surface area contributed by atoms with Gasteiger partial charge in [0.15, 0.2) is 0 Å². The van der Waals surface area contributed by atoms with Gasteiger partial charge >= 0.3 is 11.9 Å². The van der Waals surface area contributed by atoms with E-state index in [0.29, 0.717) is 6.42 Å². The first-order chi connectivity index (χ1) is 6.56. The molecule has 0 spiro atoms. The molecule has 0 aromatic rings. The SMILES string of the molecule is COC(=O)CCCSC(C)CC(=O)O. The molecule has 0 aliphatic carbocycles. The van der Waals surface area contributed by atoms with Crippen LogP contribution in [0.5, 0.6) is 0 Å². The van der Waals surface area contributed by atoms with Crippen molar-refractivity contribution >= 4 is 23.7 Å². The second-order valence-electron chi connectivity index (χ2n) is 2.96. The van der Waals surface area contributed by atoms with Crippen LogP contribution in [0.2, 0.25) is 0 Å². The molecule has 0 aromatic heterocycles. The summed E-state index contributed by atoms with van der Waals surface area (Å²) >= 11 is 1.57. The third-order valence-corrected chi connectivity index (χ3v) is 2.88. The van der Waals surface area contributed by atoms with Gasteiger partial charge in [0.05, 0.1) is 13.5 Å². The third kappa shape index (κ3) is 7.91. The largest absolute Gasteiger partial charge is 0.481 e. The second kappa shape index (κ2) is 7.67. The predicted octanol–water partition coefficient (Wildman–Crippen LogP) is 1.54. The fraction of sp³-hybridized carbons (Fsp3) is 0.778. The van der Waals surface area contributed by atoms with Crippen molar-refractivity contribution < 1.29 is 19.4 Å². The standard InChI is InChI=1S/C9H16O4S/c1-7(6-8(10)11)14-5-3-4-9(12)13-2/h7H,3-6H2,1-2H3,(H,10,11). The molecule has 0 saturated heterocycles. The van der Waals surface area contributed by atoms with E-state index >= 15 is 0 Å². The average molecular weight is 220 g/mol. The van der Waals surface area contributed by atoms with Gasteiger partial charge in [0.2, 0.25) is 0 Å². The number of thioether (sulfide) groups is 1. The minimum Gasteiger partial charge on any atom is -0.481 e. The van der Waals surface area contributed by atoms with Crippen molar-refractivity contribution in [2.24, 2.45) is 0 Å². The summed E-state index contributed by atoms with van der Waals surface area (Å²) in [6.07, 6.45) is 1.31. The highest BCUT2D eigenvalue weighted by Crippen LogP contribution is 2.15. The van der Waals surface area contributed by atoms with Crippen molar-refractivity contribution in [3.8, 4) is 0 Å². The number of methoxy groups -OCH3 is 1. The monoisotopic (exact) mass is 220 g/mol. The Kier molecular flexibility index (Phi) is 7.28. The fourth-order valence-electron chi connectivity index (χ4n) is 0.908. The molecule has 0 fully saturated rings. The van der Waals surface area contributed by atoms with E-state index in [9.17, 15) is 9.59 Å². The summed E-state index contributed by atoms with van der Waals surface area (Å²) in [5.41, 5.74) is 0. The zero-order valence-corrected chi connectivity index (χ0v) is 9.30. The molecule has 0 rings (SSSR count). The van der Waals surface area contributed by atoms with Crippen molar-refractivity contribution in [2.45, 2.75) is 31.4 Å². The highest BCUT2D eigenvalue weighted by molar-refractivity contribution is 7.99. The molecule has 14 heavy (non-hydrogen) atoms. The van der Waals surface area contributed by atoms with Gasteiger partial charge in [-0.15, -0.1) is 0 Å². The van der Waals surface area contributed by atoms with Gasteiger partial charge in [-0.25, -0.2) is 0 Å². The molecule has 1 N–H and O–H groups in total. The molecular formula is C9H16O4S. The van der Waals surface area contributed by atoms with Crippen LogP contribution >= 0.6 is 11.8 Å². The number of hydrogen-bond donors (Lipinski definition) is 1. The average Bonchev–Trinajstić information content (AvgIpc) is 2.10. The summed E-state index contributed by atoms with van der Waals surface area (Å²) in [6.45, 7) is 1.87. The van der Waals surface area contributed by atoms with E-state index in [0.717, 1.165) is 12.2 Å². The van der Waals surface area contributed by atoms with E-state index in [1.165, 1.54) is 7.11 Å². The number of aliphatic carboxylic acids is 1. The van der Waals surface area contributed by atoms with E-state index in [1.54, 1.807) is 11.8 Å². The van der Waals surface area contributed by atoms with Crippen LogP contribution in [-0.4, -0.2) is 35.2 Å². The summed E-state index contributed by atoms with van der Waals surface area (Å²) in [5.74, 6) is -0.196. The number of carboxylic acid groups (broad SMARTS) is 1. The second-order valence-corrected chi connectivity index (χ2v) is 4.51. The molecule has 0 saturated carbocycles. The lowest BCUT2D eigenvalue weighted by atomic mass is 10.3. The quantitative estimate of drug-likeness (QED) is 0.521. The highest BCUT2D eigenvalue weighted by Gasteiger charge is 2.08. The van der Waals surface area contributed by atoms with Gasteiger partial charge in [-0.05, 0) is 12.2 Å². The van der Waals surface area contributed by atoms with Crippen LogP contribution < -0.4 is 0 Å². The first-order valence-corrected chi connectivity index (χ1v) is 5.51. The van der Waals surface area contributed by atoms with E-state index in [1.807, 2.05) is 6.92 Å². The van der Waals surface area contributed by atoms with Crippen molar-refractivity contribution in [3.05, 3.63) is 0 Å². The molecule has 82 valence electrons. The number of carbonyl (C=O) groups excluding carboxylic acids is 1. The summed E-state index contributed by atoms with van der Waals surface area (Å²) < 4.78 is 4.48. The van der Waals surface area contributed by atoms with Crippen LogP contribution in [0.25, 0.3) is 0 Å². The number of carboxylic acids is 1. The molecule has 0 aromatic carbocycles. The summed E-state index contributed by atoms with van der Waals surface area (Å²) in [7, 11) is 1.36. The molecule has 5 heteroatoms. The van der Waals surface area contributed by atoms with E-state index in [4.69, 9.17) is 5.11 Å². The number of hydrogen-bond acceptors (Lipinski definition) is 4. The van der Waals surface area contributed by atoms with Crippen LogP contribution in [0.1, 0.15) is 26.2 Å². The number of esters is 1. The molecular weight excluding hydrogens is 204 g/mol. The molecule has 0 aliphatic heterocycles. The van der Waals surface area contributed by atoms with Gasteiger partial charge in [0, 0.05) is 11.7 Å². The molecule has 4 nitrogen and oxygen atoms in total. The Morgan fingerprint density at radius 3 is 2.64 bits per heavy atom. The van der Waals surface area contributed by atoms with Crippen molar-refractivity contribution in [1.82, 2.24) is 0 Å². The highest BCUT2D eigenvalue weighted by atomic mass is 32.2. The summed E-state index contributed by atoms with van der Waals surface area (Å²) in [5, 5.41) is 8.58. The van der Waals surface area contributed by atoms with E-state index in [-0.39, 0.29) is 17.6 Å². The summed E-state index contributed by atoms with van der Waals surface area (Å²) in [6, 6.07) is 0. The predicted molar refractivity (Wildman–Crippen MR) is 55.4 cm³/mol. The summed E-state index contributed by atoms with van der Waals surface area (Å²) in [4.78, 5) is 21.0. The van der Waals surface area contributed by atoms with Crippen molar-refractivity contribution in [1.29, 1.82) is 0 Å². The maximum atomic E-state index is 10.7. The molecule has 1 unspecified atom stereocenters. The van der Waals surface area contributed by atoms with E-state index < -0.39 is 5.97 Å². The Morgan fingerprint density at radius 1 is 1.50 bits per heavy atom. The first kappa shape index (κ1) is 13.3. The molecule has 0 aliphatic rings. The Hall–Kier alpha value is -0.710. The van der Waals surface area contributed by atoms with Crippen LogP contribution in [0, 0.1) is 0 Å². The van der Waals surface area contributed by atoms with Crippen LogP contribution in [-0.2, 0) is 14.3 Å².